The standard InChI is InChI=1S/C23H28N8O2/c1-22(2)10-14(11-23(3,4)29-22)31-20-18(26-30-31)9-17(25-27-20)15-7-6-13(8-19(15)32)16-12-24-28-21(16)33-5/h6-9,12,14,29,32H,10-11H2,1-5H3,(H,24,28). The normalized spacial score (nSPS) is 18.0. The number of phenols is 1. The van der Waals surface area contributed by atoms with Gasteiger partial charge in [-0.1, -0.05) is 11.3 Å². The largest absolute Gasteiger partial charge is 0.507 e. The third-order valence-corrected chi connectivity index (χ3v) is 6.12. The van der Waals surface area contributed by atoms with Crippen molar-refractivity contribution in [3.63, 3.8) is 0 Å². The van der Waals surface area contributed by atoms with Crippen molar-refractivity contribution in [2.24, 2.45) is 0 Å². The second kappa shape index (κ2) is 7.51. The fourth-order valence-electron chi connectivity index (χ4n) is 5.13. The first kappa shape index (κ1) is 21.3. The van der Waals surface area contributed by atoms with Crippen LogP contribution in [0.4, 0.5) is 0 Å². The van der Waals surface area contributed by atoms with Crippen molar-refractivity contribution in [1.82, 2.24) is 40.7 Å². The van der Waals surface area contributed by atoms with Crippen molar-refractivity contribution in [3.8, 4) is 34.0 Å². The average molecular weight is 449 g/mol. The van der Waals surface area contributed by atoms with E-state index in [1.165, 1.54) is 0 Å². The number of rotatable bonds is 4. The highest BCUT2D eigenvalue weighted by atomic mass is 16.5. The molecule has 10 heteroatoms. The van der Waals surface area contributed by atoms with Gasteiger partial charge < -0.3 is 15.2 Å². The van der Waals surface area contributed by atoms with E-state index in [1.807, 2.05) is 16.8 Å². The fourth-order valence-corrected chi connectivity index (χ4v) is 5.13. The molecule has 0 amide bonds. The molecular weight excluding hydrogens is 420 g/mol. The van der Waals surface area contributed by atoms with E-state index in [1.54, 1.807) is 25.4 Å². The van der Waals surface area contributed by atoms with E-state index in [0.29, 0.717) is 28.3 Å². The lowest BCUT2D eigenvalue weighted by atomic mass is 9.80. The van der Waals surface area contributed by atoms with E-state index in [2.05, 4.69) is 63.7 Å². The SMILES string of the molecule is COc1n[nH]cc1-c1ccc(-c2cc3nnn(C4CC(C)(C)NC(C)(C)C4)c3nn2)c(O)c1. The van der Waals surface area contributed by atoms with Crippen LogP contribution in [0.1, 0.15) is 46.6 Å². The van der Waals surface area contributed by atoms with Crippen molar-refractivity contribution in [1.29, 1.82) is 0 Å². The molecule has 1 aliphatic heterocycles. The van der Waals surface area contributed by atoms with Gasteiger partial charge in [0.2, 0.25) is 11.5 Å². The van der Waals surface area contributed by atoms with Crippen LogP contribution in [0, 0.1) is 0 Å². The maximum atomic E-state index is 10.7. The van der Waals surface area contributed by atoms with Gasteiger partial charge in [-0.05, 0) is 64.3 Å². The van der Waals surface area contributed by atoms with Crippen LogP contribution in [0.3, 0.4) is 0 Å². The number of hydrogen-bond donors (Lipinski definition) is 3. The Kier molecular flexibility index (Phi) is 4.86. The van der Waals surface area contributed by atoms with Gasteiger partial charge in [-0.15, -0.1) is 20.4 Å². The quantitative estimate of drug-likeness (QED) is 0.433. The molecule has 33 heavy (non-hydrogen) atoms. The minimum Gasteiger partial charge on any atom is -0.507 e. The van der Waals surface area contributed by atoms with E-state index in [9.17, 15) is 5.11 Å². The van der Waals surface area contributed by atoms with E-state index >= 15 is 0 Å². The van der Waals surface area contributed by atoms with Gasteiger partial charge in [-0.3, -0.25) is 5.10 Å². The van der Waals surface area contributed by atoms with Crippen LogP contribution < -0.4 is 10.1 Å². The van der Waals surface area contributed by atoms with Crippen LogP contribution in [0.2, 0.25) is 0 Å². The molecule has 3 aromatic heterocycles. The van der Waals surface area contributed by atoms with Gasteiger partial charge in [0.15, 0.2) is 0 Å². The van der Waals surface area contributed by atoms with Crippen LogP contribution in [-0.4, -0.2) is 58.7 Å². The smallest absolute Gasteiger partial charge is 0.240 e. The Labute approximate surface area is 191 Å². The summed E-state index contributed by atoms with van der Waals surface area (Å²) >= 11 is 0. The van der Waals surface area contributed by atoms with Gasteiger partial charge in [-0.25, -0.2) is 4.68 Å². The van der Waals surface area contributed by atoms with Gasteiger partial charge >= 0.3 is 0 Å². The number of aromatic nitrogens is 7. The van der Waals surface area contributed by atoms with Gasteiger partial charge in [0.1, 0.15) is 11.3 Å². The molecule has 0 unspecified atom stereocenters. The minimum atomic E-state index is -0.0245. The molecule has 0 radical (unpaired) electrons. The summed E-state index contributed by atoms with van der Waals surface area (Å²) in [6, 6.07) is 7.32. The molecule has 10 nitrogen and oxygen atoms in total. The first-order chi connectivity index (χ1) is 15.7. The summed E-state index contributed by atoms with van der Waals surface area (Å²) in [5.74, 6) is 0.544. The number of benzene rings is 1. The van der Waals surface area contributed by atoms with Gasteiger partial charge in [0.25, 0.3) is 0 Å². The molecule has 4 aromatic rings. The number of aromatic hydroxyl groups is 1. The molecule has 1 saturated heterocycles. The Hall–Kier alpha value is -3.53. The summed E-state index contributed by atoms with van der Waals surface area (Å²) in [5.41, 5.74) is 3.88. The second-order valence-corrected chi connectivity index (χ2v) is 9.97. The topological polar surface area (TPSA) is 127 Å². The highest BCUT2D eigenvalue weighted by molar-refractivity contribution is 5.80. The summed E-state index contributed by atoms with van der Waals surface area (Å²) in [5, 5.41) is 38.9. The number of piperidine rings is 1. The number of ether oxygens (including phenoxy) is 1. The maximum Gasteiger partial charge on any atom is 0.240 e. The summed E-state index contributed by atoms with van der Waals surface area (Å²) in [4.78, 5) is 0. The third kappa shape index (κ3) is 3.91. The zero-order valence-corrected chi connectivity index (χ0v) is 19.4. The maximum absolute atomic E-state index is 10.7. The van der Waals surface area contributed by atoms with Crippen molar-refractivity contribution < 1.29 is 9.84 Å². The minimum absolute atomic E-state index is 0.0245. The Bertz CT molecular complexity index is 1310. The number of aromatic amines is 1. The summed E-state index contributed by atoms with van der Waals surface area (Å²) < 4.78 is 7.15. The zero-order valence-electron chi connectivity index (χ0n) is 19.4. The third-order valence-electron chi connectivity index (χ3n) is 6.12. The van der Waals surface area contributed by atoms with E-state index < -0.39 is 0 Å². The lowest BCUT2D eigenvalue weighted by molar-refractivity contribution is 0.127. The predicted octanol–water partition coefficient (Wildman–Crippen LogP) is 3.47. The van der Waals surface area contributed by atoms with Crippen molar-refractivity contribution in [2.45, 2.75) is 57.7 Å². The second-order valence-electron chi connectivity index (χ2n) is 9.97. The molecule has 0 saturated carbocycles. The Balaban J connectivity index is 1.48. The van der Waals surface area contributed by atoms with Crippen LogP contribution in [0.5, 0.6) is 11.6 Å². The van der Waals surface area contributed by atoms with E-state index in [4.69, 9.17) is 4.74 Å². The molecule has 1 aromatic carbocycles. The Morgan fingerprint density at radius 2 is 1.79 bits per heavy atom. The Morgan fingerprint density at radius 3 is 2.48 bits per heavy atom. The van der Waals surface area contributed by atoms with Crippen LogP contribution in [-0.2, 0) is 0 Å². The van der Waals surface area contributed by atoms with Crippen molar-refractivity contribution in [2.75, 3.05) is 7.11 Å². The number of methoxy groups -OCH3 is 1. The first-order valence-electron chi connectivity index (χ1n) is 11.0. The summed E-state index contributed by atoms with van der Waals surface area (Å²) in [6.07, 6.45) is 3.55. The highest BCUT2D eigenvalue weighted by Crippen LogP contribution is 2.38. The molecular formula is C23H28N8O2. The van der Waals surface area contributed by atoms with Gasteiger partial charge in [-0.2, -0.15) is 0 Å². The molecule has 172 valence electrons. The van der Waals surface area contributed by atoms with Crippen molar-refractivity contribution in [3.05, 3.63) is 30.5 Å². The zero-order chi connectivity index (χ0) is 23.4. The number of nitrogens with one attached hydrogen (secondary N) is 2. The Morgan fingerprint density at radius 1 is 1.03 bits per heavy atom. The fraction of sp³-hybridized carbons (Fsp3) is 0.435. The van der Waals surface area contributed by atoms with Crippen LogP contribution >= 0.6 is 0 Å². The molecule has 0 bridgehead atoms. The number of fused-ring (bicyclic) bond motifs is 1. The first-order valence-corrected chi connectivity index (χ1v) is 11.0. The van der Waals surface area contributed by atoms with Crippen molar-refractivity contribution >= 4 is 11.2 Å². The monoisotopic (exact) mass is 448 g/mol. The van der Waals surface area contributed by atoms with E-state index in [0.717, 1.165) is 24.0 Å². The van der Waals surface area contributed by atoms with Crippen LogP contribution in [0.25, 0.3) is 33.5 Å². The molecule has 4 heterocycles. The molecule has 0 aliphatic carbocycles. The predicted molar refractivity (Wildman–Crippen MR) is 124 cm³/mol. The highest BCUT2D eigenvalue weighted by Gasteiger charge is 2.39. The van der Waals surface area contributed by atoms with Gasteiger partial charge in [0.05, 0.1) is 24.4 Å². The molecule has 3 N–H and O–H groups in total. The lowest BCUT2D eigenvalue weighted by Gasteiger charge is -2.46. The lowest BCUT2D eigenvalue weighted by Crippen LogP contribution is -2.58. The number of nitrogens with zero attached hydrogens (tertiary/aromatic N) is 6. The van der Waals surface area contributed by atoms with E-state index in [-0.39, 0.29) is 22.9 Å². The molecule has 0 atom stereocenters. The number of H-pyrrole nitrogens is 1. The molecule has 1 aliphatic rings. The molecule has 1 fully saturated rings. The molecule has 5 rings (SSSR count). The molecule has 0 spiro atoms. The summed E-state index contributed by atoms with van der Waals surface area (Å²) in [7, 11) is 1.55. The number of hydrogen-bond acceptors (Lipinski definition) is 8. The van der Waals surface area contributed by atoms with Gasteiger partial charge in [0, 0.05) is 22.8 Å². The summed E-state index contributed by atoms with van der Waals surface area (Å²) in [6.45, 7) is 8.81. The van der Waals surface area contributed by atoms with Crippen LogP contribution in [0.15, 0.2) is 30.5 Å². The average Bonchev–Trinajstić information content (AvgIpc) is 3.37. The number of phenolic OH excluding ortho intramolecular Hbond substituents is 1.